The van der Waals surface area contributed by atoms with Gasteiger partial charge in [0.2, 0.25) is 5.88 Å². The molecule has 2 aliphatic heterocycles. The van der Waals surface area contributed by atoms with Crippen LogP contribution in [0, 0.1) is 12.7 Å². The molecule has 0 bridgehead atoms. The maximum Gasteiger partial charge on any atom is 0.410 e. The number of hydrogen-bond acceptors (Lipinski definition) is 7. The lowest BCUT2D eigenvalue weighted by Crippen LogP contribution is -2.63. The van der Waals surface area contributed by atoms with Gasteiger partial charge in [0.1, 0.15) is 23.2 Å². The Kier molecular flexibility index (Phi) is 7.26. The first-order valence-corrected chi connectivity index (χ1v) is 11.9. The molecule has 34 heavy (non-hydrogen) atoms. The number of anilines is 1. The fourth-order valence-corrected chi connectivity index (χ4v) is 4.51. The van der Waals surface area contributed by atoms with E-state index in [-0.39, 0.29) is 34.2 Å². The van der Waals surface area contributed by atoms with Crippen molar-refractivity contribution in [3.63, 3.8) is 0 Å². The van der Waals surface area contributed by atoms with Gasteiger partial charge in [-0.2, -0.15) is 4.98 Å². The van der Waals surface area contributed by atoms with E-state index in [1.54, 1.807) is 11.8 Å². The van der Waals surface area contributed by atoms with Crippen LogP contribution < -0.4 is 9.64 Å². The molecule has 2 aliphatic rings. The zero-order chi connectivity index (χ0) is 25.5. The molecule has 0 aliphatic carbocycles. The Hall–Kier alpha value is -2.68. The summed E-state index contributed by atoms with van der Waals surface area (Å²) in [6.45, 7) is 15.5. The number of piperazine rings is 1. The number of hydrogen-bond donors (Lipinski definition) is 0. The predicted octanol–water partition coefficient (Wildman–Crippen LogP) is 5.16. The number of rotatable bonds is 1. The van der Waals surface area contributed by atoms with Gasteiger partial charge in [-0.05, 0) is 47.1 Å². The van der Waals surface area contributed by atoms with E-state index in [9.17, 15) is 9.59 Å². The van der Waals surface area contributed by atoms with E-state index in [2.05, 4.69) is 9.97 Å². The number of aldehydes is 1. The first-order chi connectivity index (χ1) is 15.9. The molecule has 0 spiro atoms. The summed E-state index contributed by atoms with van der Waals surface area (Å²) in [5, 5.41) is 0.213. The van der Waals surface area contributed by atoms with Gasteiger partial charge in [-0.15, -0.1) is 0 Å². The Morgan fingerprint density at radius 1 is 1.21 bits per heavy atom. The zero-order valence-corrected chi connectivity index (χ0v) is 21.7. The standard InChI is InChI=1S/C22H26ClFN4O4.C2H6/c1-10-7-28-14(8-27(10)21(30)32-22(4,5)6)12(3)31-20-16-15(17(24)18(23)26-20)11(2)13(9-29)25-19(16)28;1-2/h9-10,12,14H,7-8H2,1-6H3;1-2H3/t10?,12-,14?;/m0./s1. The highest BCUT2D eigenvalue weighted by Crippen LogP contribution is 2.43. The van der Waals surface area contributed by atoms with E-state index >= 15 is 4.39 Å². The molecule has 1 saturated heterocycles. The van der Waals surface area contributed by atoms with Crippen LogP contribution in [0.2, 0.25) is 5.15 Å². The van der Waals surface area contributed by atoms with Crippen LogP contribution in [0.3, 0.4) is 0 Å². The molecule has 10 heteroatoms. The molecule has 0 saturated carbocycles. The Bertz CT molecular complexity index is 1120. The lowest BCUT2D eigenvalue weighted by molar-refractivity contribution is 0.00764. The predicted molar refractivity (Wildman–Crippen MR) is 130 cm³/mol. The number of amides is 1. The molecule has 2 aromatic heterocycles. The second kappa shape index (κ2) is 9.52. The van der Waals surface area contributed by atoms with E-state index in [0.717, 1.165) is 0 Å². The third kappa shape index (κ3) is 4.50. The lowest BCUT2D eigenvalue weighted by Gasteiger charge is -2.46. The van der Waals surface area contributed by atoms with Crippen molar-refractivity contribution in [1.82, 2.24) is 14.9 Å². The smallest absolute Gasteiger partial charge is 0.410 e. The summed E-state index contributed by atoms with van der Waals surface area (Å²) in [4.78, 5) is 36.9. The molecule has 3 atom stereocenters. The van der Waals surface area contributed by atoms with Gasteiger partial charge in [-0.1, -0.05) is 25.4 Å². The normalized spacial score (nSPS) is 21.6. The highest BCUT2D eigenvalue weighted by atomic mass is 35.5. The van der Waals surface area contributed by atoms with Crippen molar-refractivity contribution in [3.8, 4) is 5.88 Å². The number of aryl methyl sites for hydroxylation is 1. The lowest BCUT2D eigenvalue weighted by atomic mass is 10.0. The number of aromatic nitrogens is 2. The second-order valence-electron chi connectivity index (χ2n) is 9.36. The quantitative estimate of drug-likeness (QED) is 0.399. The highest BCUT2D eigenvalue weighted by Gasteiger charge is 2.43. The minimum absolute atomic E-state index is 0.121. The number of carbonyl (C=O) groups excluding carboxylic acids is 2. The van der Waals surface area contributed by atoms with Gasteiger partial charge in [0, 0.05) is 24.5 Å². The molecule has 2 unspecified atom stereocenters. The van der Waals surface area contributed by atoms with Gasteiger partial charge >= 0.3 is 6.09 Å². The third-order valence-electron chi connectivity index (χ3n) is 5.90. The van der Waals surface area contributed by atoms with Crippen LogP contribution in [0.15, 0.2) is 0 Å². The monoisotopic (exact) mass is 494 g/mol. The van der Waals surface area contributed by atoms with Crippen molar-refractivity contribution >= 4 is 40.6 Å². The fraction of sp³-hybridized carbons (Fsp3) is 0.583. The van der Waals surface area contributed by atoms with Crippen LogP contribution in [0.4, 0.5) is 15.0 Å². The van der Waals surface area contributed by atoms with Crippen LogP contribution in [0.1, 0.15) is 64.5 Å². The highest BCUT2D eigenvalue weighted by molar-refractivity contribution is 6.30. The van der Waals surface area contributed by atoms with E-state index in [1.807, 2.05) is 53.4 Å². The molecular weight excluding hydrogens is 463 g/mol. The molecular formula is C24H32ClFN4O4. The molecule has 8 nitrogen and oxygen atoms in total. The molecule has 4 rings (SSSR count). The van der Waals surface area contributed by atoms with Gasteiger partial charge in [-0.3, -0.25) is 4.79 Å². The second-order valence-corrected chi connectivity index (χ2v) is 9.72. The summed E-state index contributed by atoms with van der Waals surface area (Å²) < 4.78 is 26.8. The summed E-state index contributed by atoms with van der Waals surface area (Å²) in [7, 11) is 0. The number of fused-ring (bicyclic) bond motifs is 2. The molecule has 2 aromatic rings. The molecule has 0 aromatic carbocycles. The summed E-state index contributed by atoms with van der Waals surface area (Å²) in [5.74, 6) is -0.159. The first-order valence-electron chi connectivity index (χ1n) is 11.5. The van der Waals surface area contributed by atoms with Crippen LogP contribution in [-0.2, 0) is 4.74 Å². The van der Waals surface area contributed by atoms with Crippen molar-refractivity contribution in [2.45, 2.75) is 79.2 Å². The number of pyridine rings is 2. The topological polar surface area (TPSA) is 84.9 Å². The summed E-state index contributed by atoms with van der Waals surface area (Å²) >= 11 is 6.06. The fourth-order valence-electron chi connectivity index (χ4n) is 4.34. The number of ether oxygens (including phenoxy) is 2. The van der Waals surface area contributed by atoms with Crippen molar-refractivity contribution in [1.29, 1.82) is 0 Å². The molecule has 186 valence electrons. The number of halogens is 2. The Morgan fingerprint density at radius 2 is 1.85 bits per heavy atom. The Labute approximate surface area is 204 Å². The molecule has 0 N–H and O–H groups in total. The average Bonchev–Trinajstić information content (AvgIpc) is 2.86. The molecule has 1 amide bonds. The van der Waals surface area contributed by atoms with E-state index in [0.29, 0.717) is 36.1 Å². The maximum atomic E-state index is 15.1. The molecule has 0 radical (unpaired) electrons. The maximum absolute atomic E-state index is 15.1. The number of carbonyl (C=O) groups is 2. The van der Waals surface area contributed by atoms with Crippen molar-refractivity contribution in [2.75, 3.05) is 18.0 Å². The van der Waals surface area contributed by atoms with Crippen LogP contribution >= 0.6 is 11.6 Å². The summed E-state index contributed by atoms with van der Waals surface area (Å²) in [6.07, 6.45) is -0.246. The zero-order valence-electron chi connectivity index (χ0n) is 20.9. The van der Waals surface area contributed by atoms with Crippen LogP contribution in [-0.4, -0.2) is 64.1 Å². The largest absolute Gasteiger partial charge is 0.472 e. The summed E-state index contributed by atoms with van der Waals surface area (Å²) in [6, 6.07) is -0.551. The van der Waals surface area contributed by atoms with Gasteiger partial charge in [-0.25, -0.2) is 14.2 Å². The molecule has 1 fully saturated rings. The van der Waals surface area contributed by atoms with Crippen molar-refractivity contribution in [2.24, 2.45) is 0 Å². The first kappa shape index (κ1) is 25.9. The van der Waals surface area contributed by atoms with Crippen LogP contribution in [0.25, 0.3) is 10.8 Å². The van der Waals surface area contributed by atoms with Gasteiger partial charge in [0.25, 0.3) is 0 Å². The third-order valence-corrected chi connectivity index (χ3v) is 6.15. The SMILES string of the molecule is CC.Cc1c(C=O)nc2c3c(nc(Cl)c(F)c13)O[C@@H](C)C1CN(C(=O)OC(C)(C)C)C(C)CN21. The van der Waals surface area contributed by atoms with Crippen LogP contribution in [0.5, 0.6) is 5.88 Å². The Morgan fingerprint density at radius 3 is 2.44 bits per heavy atom. The average molecular weight is 495 g/mol. The van der Waals surface area contributed by atoms with Gasteiger partial charge in [0.05, 0.1) is 11.4 Å². The summed E-state index contributed by atoms with van der Waals surface area (Å²) in [5.41, 5.74) is -0.135. The Balaban J connectivity index is 0.00000158. The van der Waals surface area contributed by atoms with Gasteiger partial charge < -0.3 is 19.3 Å². The minimum atomic E-state index is -0.718. The molecule has 4 heterocycles. The van der Waals surface area contributed by atoms with E-state index < -0.39 is 23.6 Å². The number of nitrogens with zero attached hydrogens (tertiary/aromatic N) is 4. The minimum Gasteiger partial charge on any atom is -0.472 e. The van der Waals surface area contributed by atoms with Gasteiger partial charge in [0.15, 0.2) is 17.3 Å². The van der Waals surface area contributed by atoms with E-state index in [4.69, 9.17) is 21.1 Å². The van der Waals surface area contributed by atoms with Crippen molar-refractivity contribution < 1.29 is 23.5 Å². The van der Waals surface area contributed by atoms with E-state index in [1.165, 1.54) is 0 Å². The van der Waals surface area contributed by atoms with Crippen molar-refractivity contribution in [3.05, 3.63) is 22.2 Å².